The molecule has 2 aliphatic rings. The number of methoxy groups -OCH3 is 1. The van der Waals surface area contributed by atoms with Gasteiger partial charge in [-0.05, 0) is 32.8 Å². The van der Waals surface area contributed by atoms with Crippen LogP contribution in [0.1, 0.15) is 32.3 Å². The third-order valence-electron chi connectivity index (χ3n) is 6.67. The highest BCUT2D eigenvalue weighted by Crippen LogP contribution is 2.46. The number of thiazole rings is 1. The fourth-order valence-corrected chi connectivity index (χ4v) is 5.42. The van der Waals surface area contributed by atoms with Gasteiger partial charge in [0.25, 0.3) is 6.01 Å². The molecule has 2 saturated heterocycles. The summed E-state index contributed by atoms with van der Waals surface area (Å²) in [7, 11) is 1.40. The van der Waals surface area contributed by atoms with Crippen LogP contribution in [0.4, 0.5) is 24.0 Å². The molecule has 13 heteroatoms. The number of hydrogen-bond donors (Lipinski definition) is 1. The van der Waals surface area contributed by atoms with Crippen LogP contribution in [0.25, 0.3) is 22.4 Å². The molecule has 0 saturated carbocycles. The number of benzene rings is 1. The van der Waals surface area contributed by atoms with Crippen LogP contribution in [0.5, 0.6) is 5.75 Å². The van der Waals surface area contributed by atoms with Crippen molar-refractivity contribution in [2.75, 3.05) is 25.1 Å². The Labute approximate surface area is 202 Å². The van der Waals surface area contributed by atoms with Crippen molar-refractivity contribution in [3.05, 3.63) is 22.5 Å². The molecule has 3 aromatic rings. The first-order chi connectivity index (χ1) is 16.5. The predicted octanol–water partition coefficient (Wildman–Crippen LogP) is 5.06. The predicted molar refractivity (Wildman–Crippen MR) is 121 cm³/mol. The lowest BCUT2D eigenvalue weighted by Crippen LogP contribution is -2.55. The Bertz CT molecular complexity index is 1250. The molecular weight excluding hydrogens is 489 g/mol. The van der Waals surface area contributed by atoms with E-state index in [1.165, 1.54) is 29.4 Å². The van der Waals surface area contributed by atoms with Crippen LogP contribution >= 0.6 is 11.3 Å². The lowest BCUT2D eigenvalue weighted by atomic mass is 9.93. The molecule has 2 bridgehead atoms. The van der Waals surface area contributed by atoms with Crippen molar-refractivity contribution in [3.8, 4) is 17.0 Å². The molecule has 1 aromatic carbocycles. The van der Waals surface area contributed by atoms with E-state index in [0.29, 0.717) is 37.2 Å². The van der Waals surface area contributed by atoms with Crippen LogP contribution in [0, 0.1) is 0 Å². The van der Waals surface area contributed by atoms with E-state index in [-0.39, 0.29) is 34.8 Å². The molecule has 2 atom stereocenters. The summed E-state index contributed by atoms with van der Waals surface area (Å²) in [6.07, 6.45) is -4.55. The van der Waals surface area contributed by atoms with Crippen LogP contribution in [0.3, 0.4) is 0 Å². The first-order valence-corrected chi connectivity index (χ1v) is 11.9. The molecule has 188 valence electrons. The summed E-state index contributed by atoms with van der Waals surface area (Å²) in [6, 6.07) is 1.15. The Morgan fingerprint density at radius 3 is 2.49 bits per heavy atom. The monoisotopic (exact) mass is 512 g/mol. The van der Waals surface area contributed by atoms with Gasteiger partial charge in [0.15, 0.2) is 16.8 Å². The average molecular weight is 513 g/mol. The Balaban J connectivity index is 1.68. The number of carboxylic acid groups (broad SMARTS) is 1. The highest BCUT2D eigenvalue weighted by molar-refractivity contribution is 7.07. The van der Waals surface area contributed by atoms with Gasteiger partial charge in [0.1, 0.15) is 0 Å². The van der Waals surface area contributed by atoms with Crippen LogP contribution < -0.4 is 9.64 Å². The minimum atomic E-state index is -4.97. The summed E-state index contributed by atoms with van der Waals surface area (Å²) < 4.78 is 56.6. The second-order valence-electron chi connectivity index (χ2n) is 9.09. The van der Waals surface area contributed by atoms with Gasteiger partial charge in [-0.3, -0.25) is 4.90 Å². The number of rotatable bonds is 5. The number of halogens is 3. The first kappa shape index (κ1) is 23.7. The van der Waals surface area contributed by atoms with Crippen molar-refractivity contribution < 1.29 is 37.0 Å². The van der Waals surface area contributed by atoms with E-state index < -0.39 is 23.8 Å². The Hall–Kier alpha value is -3.06. The van der Waals surface area contributed by atoms with Crippen molar-refractivity contribution in [3.63, 3.8) is 0 Å². The topological polar surface area (TPSA) is 101 Å². The van der Waals surface area contributed by atoms with Crippen molar-refractivity contribution in [2.24, 2.45) is 0 Å². The normalized spacial score (nSPS) is 20.6. The van der Waals surface area contributed by atoms with Crippen LogP contribution in [-0.2, 0) is 10.3 Å². The number of amides is 1. The van der Waals surface area contributed by atoms with E-state index in [1.54, 1.807) is 29.6 Å². The van der Waals surface area contributed by atoms with Gasteiger partial charge in [-0.25, -0.2) is 9.78 Å². The molecule has 35 heavy (non-hydrogen) atoms. The Morgan fingerprint density at radius 1 is 1.26 bits per heavy atom. The first-order valence-electron chi connectivity index (χ1n) is 10.9. The fourth-order valence-electron chi connectivity index (χ4n) is 4.87. The van der Waals surface area contributed by atoms with E-state index >= 15 is 0 Å². The molecule has 9 nitrogen and oxygen atoms in total. The standard InChI is InChI=1S/C22H23F3N4O5S/c1-21(2,32-3)14-6-13(15-9-35-10-26-15)17-16(18(14)34-22(23,24)25)27-19(33-17)28-7-11-4-5-12(8-28)29(11)20(30)31/h6,9-12H,4-5,7-8H2,1-3H3,(H,30,31). The van der Waals surface area contributed by atoms with Crippen LogP contribution in [0.15, 0.2) is 21.4 Å². The van der Waals surface area contributed by atoms with Crippen molar-refractivity contribution in [1.29, 1.82) is 0 Å². The molecule has 2 unspecified atom stereocenters. The van der Waals surface area contributed by atoms with Crippen LogP contribution in [0.2, 0.25) is 0 Å². The molecular formula is C22H23F3N4O5S. The maximum atomic E-state index is 13.5. The number of aromatic nitrogens is 2. The Morgan fingerprint density at radius 2 is 1.94 bits per heavy atom. The lowest BCUT2D eigenvalue weighted by Gasteiger charge is -2.38. The molecule has 2 fully saturated rings. The average Bonchev–Trinajstić information content (AvgIpc) is 3.51. The van der Waals surface area contributed by atoms with Crippen molar-refractivity contribution in [2.45, 2.75) is 50.7 Å². The molecule has 2 aromatic heterocycles. The second kappa shape index (κ2) is 8.26. The molecule has 0 aliphatic carbocycles. The summed E-state index contributed by atoms with van der Waals surface area (Å²) >= 11 is 1.34. The summed E-state index contributed by atoms with van der Waals surface area (Å²) in [6.45, 7) is 3.92. The smallest absolute Gasteiger partial charge is 0.465 e. The third-order valence-corrected chi connectivity index (χ3v) is 7.25. The highest BCUT2D eigenvalue weighted by Gasteiger charge is 2.44. The highest BCUT2D eigenvalue weighted by atomic mass is 32.1. The largest absolute Gasteiger partial charge is 0.573 e. The van der Waals surface area contributed by atoms with Gasteiger partial charge in [0.05, 0.1) is 28.9 Å². The van der Waals surface area contributed by atoms with E-state index in [4.69, 9.17) is 9.15 Å². The molecule has 5 rings (SSSR count). The quantitative estimate of drug-likeness (QED) is 0.506. The van der Waals surface area contributed by atoms with Gasteiger partial charge >= 0.3 is 12.5 Å². The van der Waals surface area contributed by atoms with E-state index in [0.717, 1.165) is 0 Å². The molecule has 4 heterocycles. The lowest BCUT2D eigenvalue weighted by molar-refractivity contribution is -0.274. The number of oxazole rings is 1. The molecule has 2 aliphatic heterocycles. The summed E-state index contributed by atoms with van der Waals surface area (Å²) in [5.41, 5.74) is 1.59. The summed E-state index contributed by atoms with van der Waals surface area (Å²) in [5.74, 6) is -0.500. The van der Waals surface area contributed by atoms with Gasteiger partial charge in [-0.15, -0.1) is 24.5 Å². The van der Waals surface area contributed by atoms with E-state index in [9.17, 15) is 23.1 Å². The zero-order valence-electron chi connectivity index (χ0n) is 19.1. The zero-order chi connectivity index (χ0) is 25.1. The minimum absolute atomic E-state index is 0.101. The summed E-state index contributed by atoms with van der Waals surface area (Å²) in [4.78, 5) is 23.6. The SMILES string of the molecule is COC(C)(C)c1cc(-c2cscn2)c2oc(N3CC4CCC(C3)N4C(=O)O)nc2c1OC(F)(F)F. The number of alkyl halides is 3. The van der Waals surface area contributed by atoms with Gasteiger partial charge in [0.2, 0.25) is 0 Å². The molecule has 1 N–H and O–H groups in total. The number of ether oxygens (including phenoxy) is 2. The number of piperazine rings is 1. The summed E-state index contributed by atoms with van der Waals surface area (Å²) in [5, 5.41) is 11.3. The van der Waals surface area contributed by atoms with Gasteiger partial charge in [0, 0.05) is 36.7 Å². The minimum Gasteiger partial charge on any atom is -0.465 e. The maximum absolute atomic E-state index is 13.5. The maximum Gasteiger partial charge on any atom is 0.573 e. The van der Waals surface area contributed by atoms with Crippen molar-refractivity contribution >= 4 is 34.5 Å². The zero-order valence-corrected chi connectivity index (χ0v) is 19.9. The third kappa shape index (κ3) is 4.16. The molecule has 1 amide bonds. The van der Waals surface area contributed by atoms with Crippen molar-refractivity contribution in [1.82, 2.24) is 14.9 Å². The van der Waals surface area contributed by atoms with E-state index in [1.807, 2.05) is 0 Å². The number of nitrogens with zero attached hydrogens (tertiary/aromatic N) is 4. The number of anilines is 1. The second-order valence-corrected chi connectivity index (χ2v) is 9.81. The number of hydrogen-bond acceptors (Lipinski definition) is 8. The van der Waals surface area contributed by atoms with Gasteiger partial charge in [-0.1, -0.05) is 0 Å². The molecule has 0 radical (unpaired) electrons. The van der Waals surface area contributed by atoms with Gasteiger partial charge in [-0.2, -0.15) is 4.98 Å². The fraction of sp³-hybridized carbons (Fsp3) is 0.500. The molecule has 0 spiro atoms. The van der Waals surface area contributed by atoms with E-state index in [2.05, 4.69) is 14.7 Å². The Kier molecular flexibility index (Phi) is 5.59. The van der Waals surface area contributed by atoms with Gasteiger partial charge < -0.3 is 23.9 Å². The number of carbonyl (C=O) groups is 1. The number of fused-ring (bicyclic) bond motifs is 3. The van der Waals surface area contributed by atoms with Crippen LogP contribution in [-0.4, -0.2) is 64.7 Å².